The Balaban J connectivity index is 1.59. The number of unbranched alkanes of at least 4 members (excludes halogenated alkanes) is 1. The summed E-state index contributed by atoms with van der Waals surface area (Å²) in [5, 5.41) is 5.80. The highest BCUT2D eigenvalue weighted by Gasteiger charge is 2.33. The second-order valence-electron chi connectivity index (χ2n) is 6.17. The molecule has 0 radical (unpaired) electrons. The number of thiazole rings is 1. The van der Waals surface area contributed by atoms with Crippen LogP contribution in [-0.4, -0.2) is 42.1 Å². The molecule has 1 aliphatic rings. The molecule has 0 aromatic carbocycles. The van der Waals surface area contributed by atoms with Crippen LogP contribution in [0.4, 0.5) is 23.1 Å². The summed E-state index contributed by atoms with van der Waals surface area (Å²) in [7, 11) is 0. The molecule has 1 saturated heterocycles. The Morgan fingerprint density at radius 3 is 2.92 bits per heavy atom. The van der Waals surface area contributed by atoms with Crippen LogP contribution in [0.3, 0.4) is 0 Å². The lowest BCUT2D eigenvalue weighted by molar-refractivity contribution is -0.140. The third kappa shape index (κ3) is 6.27. The van der Waals surface area contributed by atoms with E-state index in [1.165, 1.54) is 12.8 Å². The molecule has 1 fully saturated rings. The Morgan fingerprint density at radius 2 is 2.25 bits per heavy atom. The largest absolute Gasteiger partial charge is 0.434 e. The number of hydrogen-bond donors (Lipinski definition) is 2. The van der Waals surface area contributed by atoms with Gasteiger partial charge in [-0.3, -0.25) is 5.32 Å². The number of hydrogen-bond acceptors (Lipinski definition) is 4. The van der Waals surface area contributed by atoms with Crippen LogP contribution in [0.15, 0.2) is 5.38 Å². The zero-order chi connectivity index (χ0) is 17.6. The first-order valence-corrected chi connectivity index (χ1v) is 9.02. The number of urea groups is 1. The van der Waals surface area contributed by atoms with Gasteiger partial charge in [0.1, 0.15) is 0 Å². The molecule has 5 nitrogen and oxygen atoms in total. The molecule has 2 amide bonds. The average Bonchev–Trinajstić information content (AvgIpc) is 2.95. The number of alkyl halides is 3. The van der Waals surface area contributed by atoms with Crippen molar-refractivity contribution < 1.29 is 18.0 Å². The van der Waals surface area contributed by atoms with Gasteiger partial charge in [-0.1, -0.05) is 6.92 Å². The number of nitrogens with one attached hydrogen (secondary N) is 2. The molecule has 9 heteroatoms. The number of amides is 2. The summed E-state index contributed by atoms with van der Waals surface area (Å²) in [6, 6.07) is -0.523. The van der Waals surface area contributed by atoms with Gasteiger partial charge in [0.2, 0.25) is 0 Å². The van der Waals surface area contributed by atoms with Crippen molar-refractivity contribution in [2.45, 2.75) is 38.8 Å². The first-order valence-electron chi connectivity index (χ1n) is 8.14. The van der Waals surface area contributed by atoms with Crippen LogP contribution in [0.25, 0.3) is 0 Å². The molecular weight excluding hydrogens is 341 g/mol. The van der Waals surface area contributed by atoms with Crippen LogP contribution < -0.4 is 10.6 Å². The fraction of sp³-hybridized carbons (Fsp3) is 0.733. The van der Waals surface area contributed by atoms with Gasteiger partial charge in [0.25, 0.3) is 0 Å². The smallest absolute Gasteiger partial charge is 0.338 e. The van der Waals surface area contributed by atoms with Gasteiger partial charge in [-0.25, -0.2) is 9.78 Å². The molecule has 0 unspecified atom stereocenters. The molecule has 1 atom stereocenters. The van der Waals surface area contributed by atoms with Gasteiger partial charge in [-0.2, -0.15) is 13.2 Å². The van der Waals surface area contributed by atoms with Crippen molar-refractivity contribution in [2.24, 2.45) is 5.92 Å². The summed E-state index contributed by atoms with van der Waals surface area (Å²) < 4.78 is 37.2. The molecule has 0 spiro atoms. The van der Waals surface area contributed by atoms with Crippen LogP contribution in [-0.2, 0) is 6.18 Å². The minimum absolute atomic E-state index is 0.0536. The van der Waals surface area contributed by atoms with Crippen molar-refractivity contribution in [1.82, 2.24) is 15.2 Å². The van der Waals surface area contributed by atoms with E-state index in [1.807, 2.05) is 0 Å². The van der Waals surface area contributed by atoms with Crippen LogP contribution in [0.2, 0.25) is 0 Å². The van der Waals surface area contributed by atoms with Crippen molar-refractivity contribution in [3.05, 3.63) is 11.1 Å². The fourth-order valence-electron chi connectivity index (χ4n) is 2.75. The number of halogens is 3. The highest BCUT2D eigenvalue weighted by molar-refractivity contribution is 7.13. The predicted molar refractivity (Wildman–Crippen MR) is 88.2 cm³/mol. The van der Waals surface area contributed by atoms with Gasteiger partial charge >= 0.3 is 12.2 Å². The van der Waals surface area contributed by atoms with Gasteiger partial charge in [-0.05, 0) is 44.7 Å². The molecule has 0 bridgehead atoms. The summed E-state index contributed by atoms with van der Waals surface area (Å²) in [5.74, 6) is 0.752. The molecule has 2 heterocycles. The Hall–Kier alpha value is -1.35. The van der Waals surface area contributed by atoms with E-state index in [0.29, 0.717) is 6.54 Å². The molecule has 2 rings (SSSR count). The number of piperidine rings is 1. The second-order valence-corrected chi connectivity index (χ2v) is 7.03. The predicted octanol–water partition coefficient (Wildman–Crippen LogP) is 3.80. The topological polar surface area (TPSA) is 57.3 Å². The Kier molecular flexibility index (Phi) is 6.85. The molecule has 1 aliphatic heterocycles. The maximum absolute atomic E-state index is 12.4. The van der Waals surface area contributed by atoms with Crippen LogP contribution in [0.5, 0.6) is 0 Å². The Bertz CT molecular complexity index is 535. The highest BCUT2D eigenvalue weighted by Crippen LogP contribution is 2.31. The second kappa shape index (κ2) is 8.66. The Morgan fingerprint density at radius 1 is 1.46 bits per heavy atom. The van der Waals surface area contributed by atoms with Crippen LogP contribution in [0, 0.1) is 5.92 Å². The quantitative estimate of drug-likeness (QED) is 0.755. The Labute approximate surface area is 143 Å². The minimum Gasteiger partial charge on any atom is -0.338 e. The molecule has 2 N–H and O–H groups in total. The molecular formula is C15H23F3N4OS. The average molecular weight is 364 g/mol. The summed E-state index contributed by atoms with van der Waals surface area (Å²) in [6.07, 6.45) is -0.119. The number of aromatic nitrogens is 1. The van der Waals surface area contributed by atoms with Crippen molar-refractivity contribution in [3.8, 4) is 0 Å². The van der Waals surface area contributed by atoms with E-state index >= 15 is 0 Å². The van der Waals surface area contributed by atoms with Crippen molar-refractivity contribution in [3.63, 3.8) is 0 Å². The number of carbonyl (C=O) groups excluding carboxylic acids is 1. The normalized spacial score (nSPS) is 19.2. The lowest BCUT2D eigenvalue weighted by Crippen LogP contribution is -2.35. The number of nitrogens with zero attached hydrogens (tertiary/aromatic N) is 2. The van der Waals surface area contributed by atoms with E-state index in [4.69, 9.17) is 0 Å². The molecule has 24 heavy (non-hydrogen) atoms. The van der Waals surface area contributed by atoms with E-state index in [1.54, 1.807) is 0 Å². The SMILES string of the molecule is C[C@@H]1CCCN(CCCCNC(=O)Nc2nc(C(F)(F)F)cs2)C1. The monoisotopic (exact) mass is 364 g/mol. The van der Waals surface area contributed by atoms with Gasteiger partial charge < -0.3 is 10.2 Å². The van der Waals surface area contributed by atoms with Crippen molar-refractivity contribution in [2.75, 3.05) is 31.5 Å². The molecule has 1 aromatic heterocycles. The van der Waals surface area contributed by atoms with Crippen LogP contribution in [0.1, 0.15) is 38.3 Å². The van der Waals surface area contributed by atoms with E-state index in [2.05, 4.69) is 27.4 Å². The van der Waals surface area contributed by atoms with Crippen molar-refractivity contribution in [1.29, 1.82) is 0 Å². The molecule has 0 aliphatic carbocycles. The maximum Gasteiger partial charge on any atom is 0.434 e. The lowest BCUT2D eigenvalue weighted by Gasteiger charge is -2.30. The zero-order valence-corrected chi connectivity index (χ0v) is 14.5. The van der Waals surface area contributed by atoms with Gasteiger partial charge in [0.05, 0.1) is 0 Å². The summed E-state index contributed by atoms with van der Waals surface area (Å²) in [6.45, 7) is 6.06. The zero-order valence-electron chi connectivity index (χ0n) is 13.7. The van der Waals surface area contributed by atoms with E-state index in [0.717, 1.165) is 55.1 Å². The van der Waals surface area contributed by atoms with Crippen molar-refractivity contribution >= 4 is 22.5 Å². The third-order valence-electron chi connectivity index (χ3n) is 3.94. The maximum atomic E-state index is 12.4. The van der Waals surface area contributed by atoms with E-state index in [-0.39, 0.29) is 5.13 Å². The number of carbonyl (C=O) groups is 1. The summed E-state index contributed by atoms with van der Waals surface area (Å²) in [5.41, 5.74) is -0.987. The van der Waals surface area contributed by atoms with E-state index < -0.39 is 17.9 Å². The lowest BCUT2D eigenvalue weighted by atomic mass is 10.0. The number of rotatable bonds is 6. The standard InChI is InChI=1S/C15H23F3N4OS/c1-11-5-4-8-22(9-11)7-3-2-6-19-13(23)21-14-20-12(10-24-14)15(16,17)18/h10-11H,2-9H2,1H3,(H2,19,20,21,23)/t11-/m1/s1. The minimum atomic E-state index is -4.49. The summed E-state index contributed by atoms with van der Waals surface area (Å²) in [4.78, 5) is 17.4. The highest BCUT2D eigenvalue weighted by atomic mass is 32.1. The van der Waals surface area contributed by atoms with Gasteiger partial charge in [0, 0.05) is 18.5 Å². The van der Waals surface area contributed by atoms with E-state index in [9.17, 15) is 18.0 Å². The van der Waals surface area contributed by atoms with Crippen LogP contribution >= 0.6 is 11.3 Å². The summed E-state index contributed by atoms with van der Waals surface area (Å²) >= 11 is 0.758. The number of anilines is 1. The molecule has 0 saturated carbocycles. The first kappa shape index (κ1) is 19.0. The first-order chi connectivity index (χ1) is 11.3. The number of likely N-dealkylation sites (tertiary alicyclic amines) is 1. The third-order valence-corrected chi connectivity index (χ3v) is 4.70. The van der Waals surface area contributed by atoms with Gasteiger partial charge in [0.15, 0.2) is 10.8 Å². The molecule has 1 aromatic rings. The molecule has 136 valence electrons. The fourth-order valence-corrected chi connectivity index (χ4v) is 3.47. The van der Waals surface area contributed by atoms with Gasteiger partial charge in [-0.15, -0.1) is 11.3 Å².